The summed E-state index contributed by atoms with van der Waals surface area (Å²) >= 11 is 0. The molecule has 0 N–H and O–H groups in total. The zero-order valence-electron chi connectivity index (χ0n) is 36.4. The second-order valence-corrected chi connectivity index (χ2v) is 17.2. The Morgan fingerprint density at radius 1 is 0.273 bits per heavy atom. The second-order valence-electron chi connectivity index (χ2n) is 17.2. The molecule has 0 spiro atoms. The lowest BCUT2D eigenvalue weighted by Crippen LogP contribution is -2.28. The molecular formula is C65H45N. The van der Waals surface area contributed by atoms with E-state index in [1.165, 1.54) is 72.0 Å². The van der Waals surface area contributed by atoms with Crippen LogP contribution < -0.4 is 4.90 Å². The van der Waals surface area contributed by atoms with Crippen LogP contribution in [-0.4, -0.2) is 0 Å². The van der Waals surface area contributed by atoms with E-state index in [1.54, 1.807) is 0 Å². The summed E-state index contributed by atoms with van der Waals surface area (Å²) in [6.45, 7) is 0. The van der Waals surface area contributed by atoms with Crippen molar-refractivity contribution in [1.82, 2.24) is 0 Å². The molecule has 0 bridgehead atoms. The SMILES string of the molecule is c1ccc(-c2cccc(-c3cccc(N(c4ccccc4-c4cccc(-c5cccc6ccccc56)c4)c4cccc5c4-c4ccccc4C5(c4ccccc4)c4ccccc4)c3)c2)cc1. The maximum Gasteiger partial charge on any atom is 0.0714 e. The largest absolute Gasteiger partial charge is 0.309 e. The summed E-state index contributed by atoms with van der Waals surface area (Å²) in [4.78, 5) is 2.52. The lowest BCUT2D eigenvalue weighted by atomic mass is 9.68. The molecule has 310 valence electrons. The van der Waals surface area contributed by atoms with Crippen molar-refractivity contribution in [3.05, 3.63) is 295 Å². The zero-order valence-corrected chi connectivity index (χ0v) is 36.4. The van der Waals surface area contributed by atoms with Crippen molar-refractivity contribution in [2.75, 3.05) is 4.90 Å². The minimum absolute atomic E-state index is 0.540. The highest BCUT2D eigenvalue weighted by Crippen LogP contribution is 2.60. The van der Waals surface area contributed by atoms with Gasteiger partial charge in [0.15, 0.2) is 0 Å². The maximum atomic E-state index is 2.52. The molecule has 11 aromatic rings. The summed E-state index contributed by atoms with van der Waals surface area (Å²) in [7, 11) is 0. The van der Waals surface area contributed by atoms with Crippen molar-refractivity contribution < 1.29 is 0 Å². The van der Waals surface area contributed by atoms with E-state index in [9.17, 15) is 0 Å². The van der Waals surface area contributed by atoms with Gasteiger partial charge >= 0.3 is 0 Å². The van der Waals surface area contributed by atoms with Crippen LogP contribution in [0.2, 0.25) is 0 Å². The number of hydrogen-bond acceptors (Lipinski definition) is 1. The molecule has 0 saturated carbocycles. The molecule has 66 heavy (non-hydrogen) atoms. The molecule has 0 unspecified atom stereocenters. The van der Waals surface area contributed by atoms with Crippen molar-refractivity contribution in [3.8, 4) is 55.6 Å². The summed E-state index contributed by atoms with van der Waals surface area (Å²) < 4.78 is 0. The normalized spacial score (nSPS) is 12.4. The zero-order chi connectivity index (χ0) is 43.9. The highest BCUT2D eigenvalue weighted by Gasteiger charge is 2.47. The highest BCUT2D eigenvalue weighted by atomic mass is 15.1. The van der Waals surface area contributed by atoms with Crippen molar-refractivity contribution in [3.63, 3.8) is 0 Å². The van der Waals surface area contributed by atoms with Gasteiger partial charge in [0, 0.05) is 16.8 Å². The molecule has 1 heteroatoms. The Balaban J connectivity index is 1.11. The number of rotatable bonds is 9. The van der Waals surface area contributed by atoms with Gasteiger partial charge in [0.2, 0.25) is 0 Å². The van der Waals surface area contributed by atoms with Crippen molar-refractivity contribution in [2.24, 2.45) is 0 Å². The first kappa shape index (κ1) is 39.1. The average molecular weight is 840 g/mol. The van der Waals surface area contributed by atoms with Crippen LogP contribution in [0.25, 0.3) is 66.4 Å². The molecule has 0 atom stereocenters. The van der Waals surface area contributed by atoms with Gasteiger partial charge in [0.05, 0.1) is 16.8 Å². The molecule has 0 radical (unpaired) electrons. The number of para-hydroxylation sites is 1. The molecule has 12 rings (SSSR count). The van der Waals surface area contributed by atoms with E-state index < -0.39 is 5.41 Å². The Morgan fingerprint density at radius 3 is 1.48 bits per heavy atom. The van der Waals surface area contributed by atoms with Crippen LogP contribution in [0.1, 0.15) is 22.3 Å². The molecule has 11 aromatic carbocycles. The first-order valence-electron chi connectivity index (χ1n) is 22.8. The van der Waals surface area contributed by atoms with Crippen molar-refractivity contribution >= 4 is 27.8 Å². The van der Waals surface area contributed by atoms with Gasteiger partial charge in [-0.15, -0.1) is 0 Å². The minimum atomic E-state index is -0.540. The molecule has 1 aliphatic carbocycles. The molecule has 1 aliphatic rings. The van der Waals surface area contributed by atoms with Gasteiger partial charge in [-0.1, -0.05) is 237 Å². The van der Waals surface area contributed by atoms with E-state index in [0.29, 0.717) is 0 Å². The van der Waals surface area contributed by atoms with Gasteiger partial charge in [0.25, 0.3) is 0 Å². The Hall–Kier alpha value is -8.52. The fourth-order valence-corrected chi connectivity index (χ4v) is 10.6. The Labute approximate surface area is 387 Å². The second kappa shape index (κ2) is 16.6. The van der Waals surface area contributed by atoms with E-state index in [4.69, 9.17) is 0 Å². The average Bonchev–Trinajstić information content (AvgIpc) is 3.71. The first-order valence-corrected chi connectivity index (χ1v) is 22.8. The van der Waals surface area contributed by atoms with E-state index in [1.807, 2.05) is 0 Å². The van der Waals surface area contributed by atoms with Gasteiger partial charge in [-0.3, -0.25) is 0 Å². The molecule has 0 amide bonds. The molecule has 0 aliphatic heterocycles. The first-order chi connectivity index (χ1) is 32.8. The van der Waals surface area contributed by atoms with Crippen LogP contribution in [0, 0.1) is 0 Å². The number of anilines is 3. The number of nitrogens with zero attached hydrogens (tertiary/aromatic N) is 1. The van der Waals surface area contributed by atoms with E-state index >= 15 is 0 Å². The summed E-state index contributed by atoms with van der Waals surface area (Å²) in [5.74, 6) is 0. The van der Waals surface area contributed by atoms with Crippen LogP contribution in [0.5, 0.6) is 0 Å². The van der Waals surface area contributed by atoms with Crippen molar-refractivity contribution in [1.29, 1.82) is 0 Å². The minimum Gasteiger partial charge on any atom is -0.309 e. The van der Waals surface area contributed by atoms with Crippen LogP contribution in [0.4, 0.5) is 17.1 Å². The topological polar surface area (TPSA) is 3.24 Å². The third-order valence-electron chi connectivity index (χ3n) is 13.5. The van der Waals surface area contributed by atoms with Crippen LogP contribution in [-0.2, 0) is 5.41 Å². The van der Waals surface area contributed by atoms with Gasteiger partial charge in [-0.2, -0.15) is 0 Å². The van der Waals surface area contributed by atoms with Crippen molar-refractivity contribution in [2.45, 2.75) is 5.41 Å². The number of hydrogen-bond donors (Lipinski definition) is 0. The van der Waals surface area contributed by atoms with Crippen LogP contribution in [0.3, 0.4) is 0 Å². The molecule has 0 aromatic heterocycles. The number of fused-ring (bicyclic) bond motifs is 4. The van der Waals surface area contributed by atoms with E-state index in [-0.39, 0.29) is 0 Å². The van der Waals surface area contributed by atoms with Crippen LogP contribution >= 0.6 is 0 Å². The molecule has 0 saturated heterocycles. The fourth-order valence-electron chi connectivity index (χ4n) is 10.6. The van der Waals surface area contributed by atoms with Gasteiger partial charge in [-0.25, -0.2) is 0 Å². The maximum absolute atomic E-state index is 2.52. The molecule has 0 fully saturated rings. The third kappa shape index (κ3) is 6.56. The van der Waals surface area contributed by atoms with Gasteiger partial charge in [-0.05, 0) is 114 Å². The van der Waals surface area contributed by atoms with Crippen LogP contribution in [0.15, 0.2) is 273 Å². The third-order valence-corrected chi connectivity index (χ3v) is 13.5. The highest BCUT2D eigenvalue weighted by molar-refractivity contribution is 6.01. The number of benzene rings is 11. The monoisotopic (exact) mass is 839 g/mol. The summed E-state index contributed by atoms with van der Waals surface area (Å²) in [5, 5.41) is 2.49. The summed E-state index contributed by atoms with van der Waals surface area (Å²) in [5.41, 5.74) is 19.7. The Morgan fingerprint density at radius 2 is 0.727 bits per heavy atom. The quantitative estimate of drug-likeness (QED) is 0.140. The molecule has 0 heterocycles. The van der Waals surface area contributed by atoms with E-state index in [0.717, 1.165) is 33.8 Å². The predicted octanol–water partition coefficient (Wildman–Crippen LogP) is 17.3. The smallest absolute Gasteiger partial charge is 0.0714 e. The lowest BCUT2D eigenvalue weighted by molar-refractivity contribution is 0.768. The van der Waals surface area contributed by atoms with Gasteiger partial charge < -0.3 is 4.90 Å². The summed E-state index contributed by atoms with van der Waals surface area (Å²) in [6, 6.07) is 100. The fraction of sp³-hybridized carbons (Fsp3) is 0.0154. The Bertz CT molecular complexity index is 3490. The Kier molecular flexibility index (Phi) is 9.81. The predicted molar refractivity (Wildman–Crippen MR) is 278 cm³/mol. The van der Waals surface area contributed by atoms with E-state index in [2.05, 4.69) is 278 Å². The lowest BCUT2D eigenvalue weighted by Gasteiger charge is -2.34. The summed E-state index contributed by atoms with van der Waals surface area (Å²) in [6.07, 6.45) is 0. The molecular weight excluding hydrogens is 795 g/mol. The van der Waals surface area contributed by atoms with Gasteiger partial charge in [0.1, 0.15) is 0 Å². The molecule has 1 nitrogen and oxygen atoms in total. The standard InChI is InChI=1S/C65H45N/c1-4-21-46(22-5-1)48-25-16-26-49(43-48)50-27-18-34-55(45-50)66(62-41-15-13-36-58(62)52-29-17-28-51(44-52)57-38-19-24-47-23-10-11-35-56(47)57)63-42-20-40-61-64(63)59-37-12-14-39-60(59)65(61,53-30-6-2-7-31-53)54-32-8-3-9-33-54/h1-45H.